The van der Waals surface area contributed by atoms with Gasteiger partial charge in [0.2, 0.25) is 0 Å². The molecule has 2 atom stereocenters. The summed E-state index contributed by atoms with van der Waals surface area (Å²) in [4.78, 5) is 25.3. The largest absolute Gasteiger partial charge is 0.481 e. The third kappa shape index (κ3) is 3.82. The predicted molar refractivity (Wildman–Crippen MR) is 94.0 cm³/mol. The molecule has 128 valence electrons. The summed E-state index contributed by atoms with van der Waals surface area (Å²) in [5.74, 6) is -1.47. The minimum Gasteiger partial charge on any atom is -0.481 e. The highest BCUT2D eigenvalue weighted by Crippen LogP contribution is 2.40. The molecule has 0 aliphatic rings. The Morgan fingerprint density at radius 1 is 1.13 bits per heavy atom. The van der Waals surface area contributed by atoms with Crippen LogP contribution in [0.1, 0.15) is 67.6 Å². The van der Waals surface area contributed by atoms with Crippen LogP contribution in [0.3, 0.4) is 0 Å². The van der Waals surface area contributed by atoms with Crippen molar-refractivity contribution in [3.8, 4) is 0 Å². The summed E-state index contributed by atoms with van der Waals surface area (Å²) in [6.07, 6.45) is 1.24. The monoisotopic (exact) mass is 318 g/mol. The van der Waals surface area contributed by atoms with Crippen LogP contribution in [-0.2, 0) is 4.79 Å². The van der Waals surface area contributed by atoms with Gasteiger partial charge in [0, 0.05) is 11.5 Å². The number of carbonyl (C=O) groups is 2. The van der Waals surface area contributed by atoms with Crippen molar-refractivity contribution in [2.75, 3.05) is 0 Å². The summed E-state index contributed by atoms with van der Waals surface area (Å²) in [5, 5.41) is 9.81. The van der Waals surface area contributed by atoms with Crippen molar-refractivity contribution in [3.63, 3.8) is 0 Å². The normalized spacial score (nSPS) is 15.3. The van der Waals surface area contributed by atoms with Crippen molar-refractivity contribution >= 4 is 11.8 Å². The van der Waals surface area contributed by atoms with E-state index in [1.54, 1.807) is 6.92 Å². The fourth-order valence-corrected chi connectivity index (χ4v) is 3.97. The summed E-state index contributed by atoms with van der Waals surface area (Å²) in [7, 11) is 0. The van der Waals surface area contributed by atoms with E-state index >= 15 is 0 Å². The number of ketones is 1. The van der Waals surface area contributed by atoms with Crippen LogP contribution in [0, 0.1) is 38.0 Å². The first-order chi connectivity index (χ1) is 10.6. The van der Waals surface area contributed by atoms with Gasteiger partial charge in [-0.05, 0) is 51.2 Å². The molecule has 1 aromatic rings. The van der Waals surface area contributed by atoms with Crippen LogP contribution in [0.2, 0.25) is 0 Å². The molecular weight excluding hydrogens is 288 g/mol. The van der Waals surface area contributed by atoms with Crippen LogP contribution in [0.5, 0.6) is 0 Å². The Morgan fingerprint density at radius 2 is 1.61 bits per heavy atom. The quantitative estimate of drug-likeness (QED) is 0.723. The van der Waals surface area contributed by atoms with Gasteiger partial charge in [0.25, 0.3) is 0 Å². The highest BCUT2D eigenvalue weighted by atomic mass is 16.4. The molecular formula is C20H30O3. The molecule has 0 saturated heterocycles. The highest BCUT2D eigenvalue weighted by molar-refractivity contribution is 6.03. The van der Waals surface area contributed by atoms with Gasteiger partial charge in [-0.2, -0.15) is 0 Å². The fraction of sp³-hybridized carbons (Fsp3) is 0.600. The SMILES string of the molecule is CCCC(C)(C(=O)O)C(C(=O)c1c(C)cc(C)cc1C)C(C)C. The van der Waals surface area contributed by atoms with E-state index in [0.29, 0.717) is 12.0 Å². The van der Waals surface area contributed by atoms with E-state index in [1.807, 2.05) is 53.7 Å². The van der Waals surface area contributed by atoms with Gasteiger partial charge in [-0.25, -0.2) is 0 Å². The molecule has 0 fully saturated rings. The van der Waals surface area contributed by atoms with Crippen LogP contribution >= 0.6 is 0 Å². The average molecular weight is 318 g/mol. The second-order valence-electron chi connectivity index (χ2n) is 7.33. The van der Waals surface area contributed by atoms with Crippen LogP contribution < -0.4 is 0 Å². The van der Waals surface area contributed by atoms with Crippen LogP contribution in [-0.4, -0.2) is 16.9 Å². The van der Waals surface area contributed by atoms with Crippen molar-refractivity contribution in [3.05, 3.63) is 34.4 Å². The molecule has 1 N–H and O–H groups in total. The maximum atomic E-state index is 13.3. The molecule has 0 heterocycles. The minimum absolute atomic E-state index is 0.0322. The number of carboxylic acids is 1. The molecule has 0 bridgehead atoms. The van der Waals surface area contributed by atoms with Gasteiger partial charge in [-0.15, -0.1) is 0 Å². The zero-order valence-corrected chi connectivity index (χ0v) is 15.5. The second kappa shape index (κ2) is 7.29. The Kier molecular flexibility index (Phi) is 6.15. The molecule has 0 spiro atoms. The summed E-state index contributed by atoms with van der Waals surface area (Å²) in [6, 6.07) is 3.99. The summed E-state index contributed by atoms with van der Waals surface area (Å²) >= 11 is 0. The first kappa shape index (κ1) is 19.4. The molecule has 0 aliphatic carbocycles. The molecule has 2 unspecified atom stereocenters. The standard InChI is InChI=1S/C20H30O3/c1-8-9-20(7,19(22)23)17(12(2)3)18(21)16-14(5)10-13(4)11-15(16)6/h10-12,17H,8-9H2,1-7H3,(H,22,23). The van der Waals surface area contributed by atoms with E-state index in [0.717, 1.165) is 23.1 Å². The molecule has 3 heteroatoms. The van der Waals surface area contributed by atoms with Gasteiger partial charge in [0.05, 0.1) is 5.41 Å². The lowest BCUT2D eigenvalue weighted by molar-refractivity contribution is -0.152. The number of carbonyl (C=O) groups excluding carboxylic acids is 1. The number of aryl methyl sites for hydroxylation is 3. The number of Topliss-reactive ketones (excluding diaryl/α,β-unsaturated/α-hetero) is 1. The van der Waals surface area contributed by atoms with Gasteiger partial charge in [0.15, 0.2) is 5.78 Å². The van der Waals surface area contributed by atoms with Crippen molar-refractivity contribution in [2.24, 2.45) is 17.3 Å². The fourth-order valence-electron chi connectivity index (χ4n) is 3.97. The third-order valence-corrected chi connectivity index (χ3v) is 4.82. The zero-order valence-electron chi connectivity index (χ0n) is 15.5. The van der Waals surface area contributed by atoms with Crippen molar-refractivity contribution in [1.82, 2.24) is 0 Å². The van der Waals surface area contributed by atoms with Crippen molar-refractivity contribution < 1.29 is 14.7 Å². The lowest BCUT2D eigenvalue weighted by atomic mass is 9.65. The van der Waals surface area contributed by atoms with Crippen LogP contribution in [0.4, 0.5) is 0 Å². The smallest absolute Gasteiger partial charge is 0.310 e. The number of hydrogen-bond acceptors (Lipinski definition) is 2. The van der Waals surface area contributed by atoms with E-state index in [4.69, 9.17) is 0 Å². The number of hydrogen-bond donors (Lipinski definition) is 1. The molecule has 23 heavy (non-hydrogen) atoms. The first-order valence-corrected chi connectivity index (χ1v) is 8.41. The summed E-state index contributed by atoms with van der Waals surface area (Å²) < 4.78 is 0. The van der Waals surface area contributed by atoms with E-state index in [1.165, 1.54) is 0 Å². The Bertz CT molecular complexity index is 578. The van der Waals surface area contributed by atoms with Crippen LogP contribution in [0.15, 0.2) is 12.1 Å². The molecule has 0 radical (unpaired) electrons. The second-order valence-corrected chi connectivity index (χ2v) is 7.33. The molecule has 0 aromatic heterocycles. The summed E-state index contributed by atoms with van der Waals surface area (Å²) in [6.45, 7) is 13.4. The lowest BCUT2D eigenvalue weighted by Crippen LogP contribution is -2.43. The summed E-state index contributed by atoms with van der Waals surface area (Å²) in [5.41, 5.74) is 2.64. The van der Waals surface area contributed by atoms with Gasteiger partial charge >= 0.3 is 5.97 Å². The molecule has 1 aromatic carbocycles. The molecule has 0 aliphatic heterocycles. The lowest BCUT2D eigenvalue weighted by Gasteiger charge is -2.36. The molecule has 0 saturated carbocycles. The Labute approximate surface area is 140 Å². The van der Waals surface area contributed by atoms with E-state index in [2.05, 4.69) is 0 Å². The molecule has 0 amide bonds. The van der Waals surface area contributed by atoms with Gasteiger partial charge in [-0.1, -0.05) is 44.9 Å². The van der Waals surface area contributed by atoms with E-state index in [-0.39, 0.29) is 11.7 Å². The van der Waals surface area contributed by atoms with Crippen LogP contribution in [0.25, 0.3) is 0 Å². The predicted octanol–water partition coefficient (Wildman–Crippen LogP) is 4.96. The number of aliphatic carboxylic acids is 1. The Balaban J connectivity index is 3.47. The maximum absolute atomic E-state index is 13.3. The Morgan fingerprint density at radius 3 is 1.96 bits per heavy atom. The average Bonchev–Trinajstić information content (AvgIpc) is 2.36. The van der Waals surface area contributed by atoms with Crippen molar-refractivity contribution in [1.29, 1.82) is 0 Å². The molecule has 3 nitrogen and oxygen atoms in total. The van der Waals surface area contributed by atoms with E-state index in [9.17, 15) is 14.7 Å². The van der Waals surface area contributed by atoms with Gasteiger partial charge < -0.3 is 5.11 Å². The van der Waals surface area contributed by atoms with Gasteiger partial charge in [0.1, 0.15) is 0 Å². The maximum Gasteiger partial charge on any atom is 0.310 e. The minimum atomic E-state index is -1.04. The first-order valence-electron chi connectivity index (χ1n) is 8.41. The molecule has 1 rings (SSSR count). The van der Waals surface area contributed by atoms with Gasteiger partial charge in [-0.3, -0.25) is 9.59 Å². The zero-order chi connectivity index (χ0) is 17.9. The van der Waals surface area contributed by atoms with E-state index < -0.39 is 17.3 Å². The Hall–Kier alpha value is -1.64. The van der Waals surface area contributed by atoms with Crippen molar-refractivity contribution in [2.45, 2.75) is 61.3 Å². The number of benzene rings is 1. The topological polar surface area (TPSA) is 54.4 Å². The highest BCUT2D eigenvalue weighted by Gasteiger charge is 2.46. The number of carboxylic acid groups (broad SMARTS) is 1. The third-order valence-electron chi connectivity index (χ3n) is 4.82. The number of rotatable bonds is 7.